The molecule has 1 aromatic heterocycles. The van der Waals surface area contributed by atoms with E-state index in [0.717, 1.165) is 43.9 Å². The van der Waals surface area contributed by atoms with Gasteiger partial charge >= 0.3 is 0 Å². The van der Waals surface area contributed by atoms with E-state index in [4.69, 9.17) is 9.37 Å². The lowest BCUT2D eigenvalue weighted by molar-refractivity contribution is 0.0302. The van der Waals surface area contributed by atoms with Gasteiger partial charge in [0.15, 0.2) is 0 Å². The number of hydrogen-bond donors (Lipinski definition) is 0. The highest BCUT2D eigenvalue weighted by molar-refractivity contribution is 5.76. The number of morpholine rings is 1. The maximum absolute atomic E-state index is 5.45. The summed E-state index contributed by atoms with van der Waals surface area (Å²) in [6.45, 7) is 7.23. The van der Waals surface area contributed by atoms with E-state index in [1.807, 2.05) is 6.07 Å². The molecule has 1 atom stereocenters. The van der Waals surface area contributed by atoms with Crippen LogP contribution < -0.4 is 0 Å². The highest BCUT2D eigenvalue weighted by atomic mass is 16.6. The third-order valence-corrected chi connectivity index (χ3v) is 5.37. The first-order valence-electron chi connectivity index (χ1n) is 9.14. The SMILES string of the molecule is c1cc(CN2CCCCC2CCN2CCOCC2)c2nonc2c1. The van der Waals surface area contributed by atoms with Crippen LogP contribution in [0.15, 0.2) is 22.8 Å². The summed E-state index contributed by atoms with van der Waals surface area (Å²) < 4.78 is 10.4. The first-order valence-corrected chi connectivity index (χ1v) is 9.14. The van der Waals surface area contributed by atoms with Gasteiger partial charge < -0.3 is 4.74 Å². The highest BCUT2D eigenvalue weighted by Gasteiger charge is 2.24. The molecule has 2 aliphatic rings. The van der Waals surface area contributed by atoms with E-state index < -0.39 is 0 Å². The quantitative estimate of drug-likeness (QED) is 0.838. The summed E-state index contributed by atoms with van der Waals surface area (Å²) in [4.78, 5) is 5.17. The minimum atomic E-state index is 0.664. The summed E-state index contributed by atoms with van der Waals surface area (Å²) in [5.41, 5.74) is 3.00. The average molecular weight is 330 g/mol. The fraction of sp³-hybridized carbons (Fsp3) is 0.667. The van der Waals surface area contributed by atoms with Crippen LogP contribution in [0.25, 0.3) is 11.0 Å². The number of rotatable bonds is 5. The molecule has 24 heavy (non-hydrogen) atoms. The molecule has 0 saturated carbocycles. The predicted molar refractivity (Wildman–Crippen MR) is 91.7 cm³/mol. The Balaban J connectivity index is 1.41. The third-order valence-electron chi connectivity index (χ3n) is 5.37. The van der Waals surface area contributed by atoms with Gasteiger partial charge in [-0.05, 0) is 54.3 Å². The lowest BCUT2D eigenvalue weighted by Crippen LogP contribution is -2.43. The van der Waals surface area contributed by atoms with Gasteiger partial charge in [0, 0.05) is 25.7 Å². The number of aromatic nitrogens is 2. The molecule has 3 heterocycles. The molecule has 0 spiro atoms. The second kappa shape index (κ2) is 7.59. The molecule has 2 saturated heterocycles. The molecule has 0 amide bonds. The van der Waals surface area contributed by atoms with E-state index in [2.05, 4.69) is 32.2 Å². The van der Waals surface area contributed by atoms with Gasteiger partial charge in [-0.1, -0.05) is 18.6 Å². The topological polar surface area (TPSA) is 54.6 Å². The summed E-state index contributed by atoms with van der Waals surface area (Å²) in [6, 6.07) is 6.83. The van der Waals surface area contributed by atoms with Gasteiger partial charge in [0.1, 0.15) is 11.0 Å². The van der Waals surface area contributed by atoms with Gasteiger partial charge in [0.2, 0.25) is 0 Å². The van der Waals surface area contributed by atoms with Gasteiger partial charge in [-0.2, -0.15) is 0 Å². The first-order chi connectivity index (χ1) is 11.9. The minimum absolute atomic E-state index is 0.664. The van der Waals surface area contributed by atoms with Crippen molar-refractivity contribution in [2.45, 2.75) is 38.3 Å². The van der Waals surface area contributed by atoms with Crippen LogP contribution in [-0.4, -0.2) is 65.5 Å². The Hall–Kier alpha value is -1.50. The van der Waals surface area contributed by atoms with Crippen molar-refractivity contribution in [1.82, 2.24) is 20.1 Å². The number of likely N-dealkylation sites (tertiary alicyclic amines) is 1. The number of piperidine rings is 1. The summed E-state index contributed by atoms with van der Waals surface area (Å²) in [7, 11) is 0. The molecule has 2 aromatic rings. The monoisotopic (exact) mass is 330 g/mol. The number of nitrogens with zero attached hydrogens (tertiary/aromatic N) is 4. The van der Waals surface area contributed by atoms with Crippen molar-refractivity contribution in [3.05, 3.63) is 23.8 Å². The van der Waals surface area contributed by atoms with Gasteiger partial charge in [0.25, 0.3) is 0 Å². The Kier molecular flexibility index (Phi) is 5.06. The summed E-state index contributed by atoms with van der Waals surface area (Å²) in [5, 5.41) is 8.06. The predicted octanol–water partition coefficient (Wildman–Crippen LogP) is 2.30. The van der Waals surface area contributed by atoms with Gasteiger partial charge in [0.05, 0.1) is 13.2 Å². The van der Waals surface area contributed by atoms with Crippen molar-refractivity contribution in [2.24, 2.45) is 0 Å². The van der Waals surface area contributed by atoms with Crippen molar-refractivity contribution in [3.8, 4) is 0 Å². The van der Waals surface area contributed by atoms with E-state index >= 15 is 0 Å². The molecule has 1 aromatic carbocycles. The maximum atomic E-state index is 5.45. The van der Waals surface area contributed by atoms with Crippen LogP contribution in [0.5, 0.6) is 0 Å². The molecule has 4 rings (SSSR count). The van der Waals surface area contributed by atoms with Crippen LogP contribution in [0.4, 0.5) is 0 Å². The van der Waals surface area contributed by atoms with Crippen molar-refractivity contribution < 1.29 is 9.37 Å². The zero-order valence-corrected chi connectivity index (χ0v) is 14.2. The van der Waals surface area contributed by atoms with Crippen LogP contribution in [0.1, 0.15) is 31.2 Å². The molecule has 0 radical (unpaired) electrons. The fourth-order valence-corrected chi connectivity index (χ4v) is 3.96. The molecule has 6 nitrogen and oxygen atoms in total. The largest absolute Gasteiger partial charge is 0.379 e. The number of benzene rings is 1. The van der Waals surface area contributed by atoms with Crippen molar-refractivity contribution in [1.29, 1.82) is 0 Å². The Morgan fingerprint density at radius 3 is 2.92 bits per heavy atom. The summed E-state index contributed by atoms with van der Waals surface area (Å²) in [5.74, 6) is 0. The third kappa shape index (κ3) is 3.61. The molecular weight excluding hydrogens is 304 g/mol. The molecule has 0 aliphatic carbocycles. The fourth-order valence-electron chi connectivity index (χ4n) is 3.96. The Bertz CT molecular complexity index is 653. The molecule has 130 valence electrons. The van der Waals surface area contributed by atoms with E-state index in [9.17, 15) is 0 Å². The first kappa shape index (κ1) is 16.0. The molecular formula is C18H26N4O2. The molecule has 0 bridgehead atoms. The van der Waals surface area contributed by atoms with Gasteiger partial charge in [-0.25, -0.2) is 4.63 Å². The van der Waals surface area contributed by atoms with Crippen LogP contribution in [0.3, 0.4) is 0 Å². The van der Waals surface area contributed by atoms with E-state index in [0.29, 0.717) is 6.04 Å². The second-order valence-corrected chi connectivity index (χ2v) is 6.91. The van der Waals surface area contributed by atoms with Gasteiger partial charge in [-0.3, -0.25) is 9.80 Å². The second-order valence-electron chi connectivity index (χ2n) is 6.91. The molecule has 0 N–H and O–H groups in total. The number of fused-ring (bicyclic) bond motifs is 1. The average Bonchev–Trinajstić information content (AvgIpc) is 3.12. The number of hydrogen-bond acceptors (Lipinski definition) is 6. The lowest BCUT2D eigenvalue weighted by atomic mass is 9.98. The van der Waals surface area contributed by atoms with Crippen LogP contribution in [0.2, 0.25) is 0 Å². The Labute approximate surface area is 142 Å². The van der Waals surface area contributed by atoms with Crippen molar-refractivity contribution >= 4 is 11.0 Å². The van der Waals surface area contributed by atoms with E-state index in [1.54, 1.807) is 0 Å². The molecule has 1 unspecified atom stereocenters. The standard InChI is InChI=1S/C18H26N4O2/c1-2-8-22(14-15-4-3-6-17-18(15)20-24-19-17)16(5-1)7-9-21-10-12-23-13-11-21/h3-4,6,16H,1-2,5,7-14H2. The zero-order chi connectivity index (χ0) is 16.2. The molecule has 2 aliphatic heterocycles. The van der Waals surface area contributed by atoms with E-state index in [-0.39, 0.29) is 0 Å². The molecule has 2 fully saturated rings. The van der Waals surface area contributed by atoms with Crippen molar-refractivity contribution in [2.75, 3.05) is 39.4 Å². The van der Waals surface area contributed by atoms with Crippen molar-refractivity contribution in [3.63, 3.8) is 0 Å². The highest BCUT2D eigenvalue weighted by Crippen LogP contribution is 2.24. The Morgan fingerprint density at radius 2 is 2.00 bits per heavy atom. The minimum Gasteiger partial charge on any atom is -0.379 e. The van der Waals surface area contributed by atoms with E-state index in [1.165, 1.54) is 44.3 Å². The van der Waals surface area contributed by atoms with Crippen LogP contribution >= 0.6 is 0 Å². The van der Waals surface area contributed by atoms with Crippen LogP contribution in [-0.2, 0) is 11.3 Å². The van der Waals surface area contributed by atoms with Crippen LogP contribution in [0, 0.1) is 0 Å². The maximum Gasteiger partial charge on any atom is 0.139 e. The zero-order valence-electron chi connectivity index (χ0n) is 14.2. The number of ether oxygens (including phenoxy) is 1. The normalized spacial score (nSPS) is 23.8. The lowest BCUT2D eigenvalue weighted by Gasteiger charge is -2.37. The summed E-state index contributed by atoms with van der Waals surface area (Å²) in [6.07, 6.45) is 5.19. The Morgan fingerprint density at radius 1 is 1.08 bits per heavy atom. The summed E-state index contributed by atoms with van der Waals surface area (Å²) >= 11 is 0. The molecule has 6 heteroatoms. The smallest absolute Gasteiger partial charge is 0.139 e. The van der Waals surface area contributed by atoms with Gasteiger partial charge in [-0.15, -0.1) is 0 Å².